The van der Waals surface area contributed by atoms with E-state index < -0.39 is 34.1 Å². The van der Waals surface area contributed by atoms with E-state index in [-0.39, 0.29) is 33.5 Å². The second kappa shape index (κ2) is 11.3. The van der Waals surface area contributed by atoms with Gasteiger partial charge in [-0.2, -0.15) is 15.2 Å². The van der Waals surface area contributed by atoms with Crippen LogP contribution >= 0.6 is 23.2 Å². The van der Waals surface area contributed by atoms with Crippen LogP contribution in [0.2, 0.25) is 10.2 Å². The van der Waals surface area contributed by atoms with Gasteiger partial charge in [0.2, 0.25) is 16.8 Å². The largest absolute Gasteiger partial charge is 0.506 e. The summed E-state index contributed by atoms with van der Waals surface area (Å²) in [5.41, 5.74) is 0.202. The predicted octanol–water partition coefficient (Wildman–Crippen LogP) is 4.84. The third-order valence-corrected chi connectivity index (χ3v) is 6.42. The number of anilines is 3. The molecule has 0 radical (unpaired) electrons. The van der Waals surface area contributed by atoms with Gasteiger partial charge in [-0.15, -0.1) is 0 Å². The summed E-state index contributed by atoms with van der Waals surface area (Å²) in [5, 5.41) is 26.0. The Bertz CT molecular complexity index is 1660. The molecule has 192 valence electrons. The topological polar surface area (TPSA) is 162 Å². The van der Waals surface area contributed by atoms with Crippen molar-refractivity contribution in [3.63, 3.8) is 0 Å². The zero-order chi connectivity index (χ0) is 27.4. The van der Waals surface area contributed by atoms with Gasteiger partial charge in [0, 0.05) is 5.02 Å². The second-order valence-corrected chi connectivity index (χ2v) is 9.18. The molecule has 2 heterocycles. The van der Waals surface area contributed by atoms with Gasteiger partial charge in [0.15, 0.2) is 17.2 Å². The summed E-state index contributed by atoms with van der Waals surface area (Å²) < 4.78 is 30.7. The number of benzene rings is 2. The fourth-order valence-electron chi connectivity index (χ4n) is 3.40. The number of amides is 1. The Morgan fingerprint density at radius 2 is 1.79 bits per heavy atom. The van der Waals surface area contributed by atoms with Crippen LogP contribution in [0.1, 0.15) is 11.3 Å². The van der Waals surface area contributed by atoms with Crippen LogP contribution < -0.4 is 9.62 Å². The summed E-state index contributed by atoms with van der Waals surface area (Å²) in [5.74, 6) is -2.18. The number of hydrogen-bond donors (Lipinski definition) is 3. The van der Waals surface area contributed by atoms with E-state index in [1.54, 1.807) is 36.4 Å². The van der Waals surface area contributed by atoms with Crippen LogP contribution in [0.3, 0.4) is 0 Å². The number of halogens is 2. The average Bonchev–Trinajstić information content (AvgIpc) is 3.31. The summed E-state index contributed by atoms with van der Waals surface area (Å²) in [6.45, 7) is 1.48. The summed E-state index contributed by atoms with van der Waals surface area (Å²) in [6, 6.07) is 16.1. The number of aliphatic hydroxyl groups is 1. The molecule has 0 saturated carbocycles. The number of aromatic nitrogens is 3. The smallest absolute Gasteiger partial charge is 0.272 e. The minimum atomic E-state index is -3.32. The van der Waals surface area contributed by atoms with Crippen molar-refractivity contribution in [2.24, 2.45) is 0 Å². The first-order valence-electron chi connectivity index (χ1n) is 10.6. The molecule has 2 aromatic heterocycles. The van der Waals surface area contributed by atoms with E-state index in [1.807, 2.05) is 0 Å². The maximum Gasteiger partial charge on any atom is 0.272 e. The molecule has 0 unspecified atom stereocenters. The third-order valence-electron chi connectivity index (χ3n) is 5.15. The van der Waals surface area contributed by atoms with Crippen LogP contribution in [0.5, 0.6) is 0 Å². The highest BCUT2D eigenvalue weighted by Crippen LogP contribution is 2.39. The minimum absolute atomic E-state index is 0.0352. The lowest BCUT2D eigenvalue weighted by atomic mass is 10.1. The van der Waals surface area contributed by atoms with Gasteiger partial charge in [-0.3, -0.25) is 10.1 Å². The van der Waals surface area contributed by atoms with Crippen LogP contribution in [0, 0.1) is 18.3 Å². The number of nitrogens with zero attached hydrogens (tertiary/aromatic N) is 5. The normalized spacial score (nSPS) is 11.6. The standard InChI is InChI=1S/C24H16Cl2N6O5S/c1-13-18(12-28-37-13)20(33)17(11-27)23(34)31-24-29-21(26)19(14-5-3-2-4-6-14)22(30-24)32(38(35)36)16-9-7-15(25)8-10-16/h2-10,12,33,38H,1H3,(H,29,30,31,34)/b20-17-. The highest BCUT2D eigenvalue weighted by molar-refractivity contribution is 7.74. The van der Waals surface area contributed by atoms with Crippen LogP contribution in [-0.2, 0) is 15.7 Å². The quantitative estimate of drug-likeness (QED) is 0.0926. The Kier molecular flexibility index (Phi) is 7.92. The predicted molar refractivity (Wildman–Crippen MR) is 141 cm³/mol. The van der Waals surface area contributed by atoms with Crippen molar-refractivity contribution in [1.29, 1.82) is 5.26 Å². The molecule has 0 fully saturated rings. The maximum absolute atomic E-state index is 12.9. The van der Waals surface area contributed by atoms with Crippen LogP contribution in [0.4, 0.5) is 17.5 Å². The molecule has 0 spiro atoms. The molecule has 0 aliphatic heterocycles. The zero-order valence-electron chi connectivity index (χ0n) is 19.3. The fourth-order valence-corrected chi connectivity index (χ4v) is 4.42. The first-order chi connectivity index (χ1) is 18.2. The number of nitrogens with one attached hydrogen (secondary N) is 1. The summed E-state index contributed by atoms with van der Waals surface area (Å²) in [7, 11) is -3.32. The van der Waals surface area contributed by atoms with Crippen LogP contribution in [0.15, 0.2) is 70.9 Å². The Balaban J connectivity index is 1.86. The van der Waals surface area contributed by atoms with Crippen molar-refractivity contribution in [3.05, 3.63) is 87.9 Å². The number of carbonyl (C=O) groups excluding carboxylic acids is 1. The van der Waals surface area contributed by atoms with E-state index in [2.05, 4.69) is 20.4 Å². The number of hydrogen-bond acceptors (Lipinski definition) is 9. The van der Waals surface area contributed by atoms with Gasteiger partial charge < -0.3 is 9.63 Å². The summed E-state index contributed by atoms with van der Waals surface area (Å²) in [4.78, 5) is 21.3. The average molecular weight is 571 g/mol. The lowest BCUT2D eigenvalue weighted by Crippen LogP contribution is -2.21. The van der Waals surface area contributed by atoms with E-state index >= 15 is 0 Å². The number of thiol groups is 1. The van der Waals surface area contributed by atoms with Crippen LogP contribution in [0.25, 0.3) is 16.9 Å². The molecule has 2 aromatic carbocycles. The molecule has 11 nitrogen and oxygen atoms in total. The summed E-state index contributed by atoms with van der Waals surface area (Å²) >= 11 is 12.5. The Morgan fingerprint density at radius 1 is 1.11 bits per heavy atom. The first-order valence-corrected chi connectivity index (χ1v) is 12.5. The Labute approximate surface area is 227 Å². The van der Waals surface area contributed by atoms with Crippen molar-refractivity contribution in [2.45, 2.75) is 6.92 Å². The number of carbonyl (C=O) groups is 1. The maximum atomic E-state index is 12.9. The lowest BCUT2D eigenvalue weighted by Gasteiger charge is -2.21. The molecule has 1 amide bonds. The monoisotopic (exact) mass is 570 g/mol. The molecule has 0 saturated heterocycles. The van der Waals surface area contributed by atoms with Crippen molar-refractivity contribution in [3.8, 4) is 17.2 Å². The van der Waals surface area contributed by atoms with E-state index in [0.717, 1.165) is 10.5 Å². The highest BCUT2D eigenvalue weighted by atomic mass is 35.5. The zero-order valence-corrected chi connectivity index (χ0v) is 21.7. The van der Waals surface area contributed by atoms with Crippen LogP contribution in [-0.4, -0.2) is 34.6 Å². The van der Waals surface area contributed by atoms with Gasteiger partial charge in [-0.05, 0) is 36.8 Å². The molecule has 4 aromatic rings. The van der Waals surface area contributed by atoms with E-state index in [4.69, 9.17) is 27.7 Å². The van der Waals surface area contributed by atoms with E-state index in [9.17, 15) is 23.6 Å². The number of aryl methyl sites for hydroxylation is 1. The molecular formula is C24H16Cl2N6O5S. The Morgan fingerprint density at radius 3 is 2.37 bits per heavy atom. The van der Waals surface area contributed by atoms with Gasteiger partial charge in [-0.25, -0.2) is 12.7 Å². The molecule has 0 atom stereocenters. The summed E-state index contributed by atoms with van der Waals surface area (Å²) in [6.07, 6.45) is 1.14. The van der Waals surface area contributed by atoms with Gasteiger partial charge in [-0.1, -0.05) is 58.7 Å². The number of rotatable bonds is 7. The second-order valence-electron chi connectivity index (χ2n) is 7.51. The number of aliphatic hydroxyl groups excluding tert-OH is 1. The van der Waals surface area contributed by atoms with Gasteiger partial charge in [0.25, 0.3) is 5.91 Å². The van der Waals surface area contributed by atoms with E-state index in [0.29, 0.717) is 10.6 Å². The lowest BCUT2D eigenvalue weighted by molar-refractivity contribution is -0.112. The first kappa shape index (κ1) is 26.6. The molecule has 0 aliphatic carbocycles. The van der Waals surface area contributed by atoms with E-state index in [1.165, 1.54) is 31.2 Å². The number of nitriles is 1. The molecule has 14 heteroatoms. The molecule has 4 rings (SSSR count). The van der Waals surface area contributed by atoms with Gasteiger partial charge in [0.05, 0.1) is 23.0 Å². The Hall–Kier alpha value is -4.44. The fraction of sp³-hybridized carbons (Fsp3) is 0.0417. The van der Waals surface area contributed by atoms with Crippen molar-refractivity contribution in [1.82, 2.24) is 15.1 Å². The minimum Gasteiger partial charge on any atom is -0.506 e. The van der Waals surface area contributed by atoms with Crippen molar-refractivity contribution >= 4 is 63.2 Å². The van der Waals surface area contributed by atoms with Gasteiger partial charge >= 0.3 is 0 Å². The highest BCUT2D eigenvalue weighted by Gasteiger charge is 2.26. The molecule has 0 bridgehead atoms. The molecule has 0 aliphatic rings. The molecule has 38 heavy (non-hydrogen) atoms. The third kappa shape index (κ3) is 5.45. The SMILES string of the molecule is Cc1oncc1/C(O)=C(\C#N)C(=O)Nc1nc(Cl)c(-c2ccccc2)c(N(c2ccc(Cl)cc2)[SH](=O)=O)n1. The molecular weight excluding hydrogens is 555 g/mol. The molecule has 2 N–H and O–H groups in total. The van der Waals surface area contributed by atoms with Crippen molar-refractivity contribution in [2.75, 3.05) is 9.62 Å². The van der Waals surface area contributed by atoms with Gasteiger partial charge in [0.1, 0.15) is 17.0 Å². The van der Waals surface area contributed by atoms with Crippen molar-refractivity contribution < 1.29 is 22.8 Å².